The molecule has 0 N–H and O–H groups in total. The van der Waals surface area contributed by atoms with Crippen LogP contribution in [-0.4, -0.2) is 35.7 Å². The second-order valence-corrected chi connectivity index (χ2v) is 6.46. The van der Waals surface area contributed by atoms with Crippen molar-refractivity contribution in [1.29, 1.82) is 0 Å². The van der Waals surface area contributed by atoms with Crippen molar-refractivity contribution < 1.29 is 27.6 Å². The Morgan fingerprint density at radius 3 is 2.32 bits per heavy atom. The van der Waals surface area contributed by atoms with Crippen molar-refractivity contribution in [2.75, 3.05) is 11.9 Å². The zero-order chi connectivity index (χ0) is 18.1. The summed E-state index contributed by atoms with van der Waals surface area (Å²) in [5.74, 6) is -3.77. The molecular formula is C17H13F3N2O3. The lowest BCUT2D eigenvalue weighted by molar-refractivity contribution is -0.148. The van der Waals surface area contributed by atoms with Crippen molar-refractivity contribution in [1.82, 2.24) is 4.90 Å². The highest BCUT2D eigenvalue weighted by molar-refractivity contribution is 6.24. The number of carbonyl (C=O) groups excluding carboxylic acids is 3. The number of hydrogen-bond donors (Lipinski definition) is 0. The van der Waals surface area contributed by atoms with Gasteiger partial charge in [0, 0.05) is 7.05 Å². The Bertz CT molecular complexity index is 833. The number of hydrogen-bond acceptors (Lipinski definition) is 3. The van der Waals surface area contributed by atoms with Gasteiger partial charge >= 0.3 is 6.18 Å². The van der Waals surface area contributed by atoms with Crippen molar-refractivity contribution >= 4 is 23.4 Å². The highest BCUT2D eigenvalue weighted by Gasteiger charge is 2.61. The van der Waals surface area contributed by atoms with Gasteiger partial charge in [0.25, 0.3) is 0 Å². The molecule has 2 saturated heterocycles. The van der Waals surface area contributed by atoms with Crippen LogP contribution in [0.5, 0.6) is 0 Å². The van der Waals surface area contributed by atoms with E-state index in [2.05, 4.69) is 0 Å². The molecule has 3 heterocycles. The first kappa shape index (κ1) is 15.9. The first-order valence-corrected chi connectivity index (χ1v) is 7.72. The molecule has 25 heavy (non-hydrogen) atoms. The third kappa shape index (κ3) is 2.06. The molecule has 5 nitrogen and oxygen atoms in total. The number of benzene rings is 1. The van der Waals surface area contributed by atoms with Crippen molar-refractivity contribution in [3.8, 4) is 0 Å². The van der Waals surface area contributed by atoms with Gasteiger partial charge < -0.3 is 4.90 Å². The highest BCUT2D eigenvalue weighted by Crippen LogP contribution is 2.46. The maximum atomic E-state index is 12.9. The first-order valence-electron chi connectivity index (χ1n) is 7.72. The van der Waals surface area contributed by atoms with Crippen molar-refractivity contribution in [3.63, 3.8) is 0 Å². The second-order valence-electron chi connectivity index (χ2n) is 6.46. The molecule has 1 aromatic rings. The number of carbonyl (C=O) groups is 3. The van der Waals surface area contributed by atoms with E-state index in [4.69, 9.17) is 0 Å². The van der Waals surface area contributed by atoms with Crippen LogP contribution in [-0.2, 0) is 20.6 Å². The van der Waals surface area contributed by atoms with Gasteiger partial charge in [0.15, 0.2) is 0 Å². The molecule has 0 radical (unpaired) electrons. The van der Waals surface area contributed by atoms with Gasteiger partial charge in [-0.1, -0.05) is 18.2 Å². The third-order valence-corrected chi connectivity index (χ3v) is 5.18. The van der Waals surface area contributed by atoms with Gasteiger partial charge in [-0.2, -0.15) is 13.2 Å². The minimum atomic E-state index is -4.58. The molecule has 2 fully saturated rings. The average molecular weight is 350 g/mol. The molecule has 1 aliphatic carbocycles. The number of amides is 3. The number of fused-ring (bicyclic) bond motifs is 1. The number of piperidine rings is 1. The summed E-state index contributed by atoms with van der Waals surface area (Å²) in [5.41, 5.74) is -1.05. The van der Waals surface area contributed by atoms with Gasteiger partial charge in [0.2, 0.25) is 17.7 Å². The Labute approximate surface area is 140 Å². The third-order valence-electron chi connectivity index (χ3n) is 5.18. The molecule has 4 aliphatic rings. The summed E-state index contributed by atoms with van der Waals surface area (Å²) in [6.45, 7) is 0. The Hall–Kier alpha value is -2.64. The van der Waals surface area contributed by atoms with Crippen LogP contribution in [0.25, 0.3) is 0 Å². The molecule has 0 unspecified atom stereocenters. The number of likely N-dealkylation sites (N-methyl/N-ethyl adjacent to an activating group) is 1. The van der Waals surface area contributed by atoms with Gasteiger partial charge in [0.1, 0.15) is 0 Å². The van der Waals surface area contributed by atoms with Crippen LogP contribution < -0.4 is 4.90 Å². The summed E-state index contributed by atoms with van der Waals surface area (Å²) >= 11 is 0. The van der Waals surface area contributed by atoms with E-state index in [9.17, 15) is 27.6 Å². The molecule has 0 aromatic heterocycles. The largest absolute Gasteiger partial charge is 0.416 e. The number of imide groups is 1. The van der Waals surface area contributed by atoms with E-state index in [-0.39, 0.29) is 11.6 Å². The van der Waals surface area contributed by atoms with E-state index in [1.807, 2.05) is 0 Å². The molecule has 3 amide bonds. The molecule has 5 rings (SSSR count). The summed E-state index contributed by atoms with van der Waals surface area (Å²) in [5, 5.41) is 0. The molecule has 4 atom stereocenters. The number of nitrogens with zero attached hydrogens (tertiary/aromatic N) is 2. The SMILES string of the molecule is CN1C(=O)[C@@H]2C=C[C@H]1[C@H]1C(=O)N(c3cccc(C(F)(F)F)c3)C(=O)[C@H]12. The van der Waals surface area contributed by atoms with Gasteiger partial charge in [0.05, 0.1) is 35.0 Å². The molecular weight excluding hydrogens is 337 g/mol. The molecule has 0 spiro atoms. The van der Waals surface area contributed by atoms with Gasteiger partial charge in [-0.25, -0.2) is 4.90 Å². The summed E-state index contributed by atoms with van der Waals surface area (Å²) < 4.78 is 38.8. The van der Waals surface area contributed by atoms with E-state index in [1.54, 1.807) is 19.2 Å². The molecule has 130 valence electrons. The zero-order valence-corrected chi connectivity index (χ0v) is 13.0. The van der Waals surface area contributed by atoms with E-state index in [1.165, 1.54) is 11.0 Å². The number of halogens is 3. The van der Waals surface area contributed by atoms with Crippen molar-refractivity contribution in [3.05, 3.63) is 42.0 Å². The standard InChI is InChI=1S/C17H13F3N2O3/c1-21-11-6-5-10(14(21)23)12-13(11)16(25)22(15(12)24)9-4-2-3-8(7-9)17(18,19)20/h2-7,10-13H,1H3/t10-,11+,12+,13-/m1/s1. The maximum Gasteiger partial charge on any atom is 0.416 e. The van der Waals surface area contributed by atoms with Crippen LogP contribution in [0.3, 0.4) is 0 Å². The van der Waals surface area contributed by atoms with Crippen LogP contribution in [0, 0.1) is 17.8 Å². The summed E-state index contributed by atoms with van der Waals surface area (Å²) in [6, 6.07) is 3.57. The zero-order valence-electron chi connectivity index (χ0n) is 13.0. The fraction of sp³-hybridized carbons (Fsp3) is 0.353. The molecule has 0 saturated carbocycles. The molecule has 2 bridgehead atoms. The smallest absolute Gasteiger partial charge is 0.338 e. The minimum Gasteiger partial charge on any atom is -0.338 e. The summed E-state index contributed by atoms with van der Waals surface area (Å²) in [4.78, 5) is 40.1. The maximum absolute atomic E-state index is 12.9. The van der Waals surface area contributed by atoms with E-state index < -0.39 is 47.3 Å². The number of rotatable bonds is 1. The van der Waals surface area contributed by atoms with Gasteiger partial charge in [-0.05, 0) is 18.2 Å². The van der Waals surface area contributed by atoms with Gasteiger partial charge in [-0.15, -0.1) is 0 Å². The van der Waals surface area contributed by atoms with Crippen molar-refractivity contribution in [2.45, 2.75) is 12.2 Å². The van der Waals surface area contributed by atoms with E-state index >= 15 is 0 Å². The van der Waals surface area contributed by atoms with Gasteiger partial charge in [-0.3, -0.25) is 14.4 Å². The Morgan fingerprint density at radius 2 is 1.64 bits per heavy atom. The average Bonchev–Trinajstić information content (AvgIpc) is 2.83. The normalized spacial score (nSPS) is 31.1. The van der Waals surface area contributed by atoms with Crippen LogP contribution in [0.2, 0.25) is 0 Å². The van der Waals surface area contributed by atoms with Crippen LogP contribution in [0.1, 0.15) is 5.56 Å². The lowest BCUT2D eigenvalue weighted by Crippen LogP contribution is -2.57. The lowest BCUT2D eigenvalue weighted by atomic mass is 9.70. The van der Waals surface area contributed by atoms with Crippen molar-refractivity contribution in [2.24, 2.45) is 17.8 Å². The van der Waals surface area contributed by atoms with Crippen LogP contribution in [0.15, 0.2) is 36.4 Å². The predicted octanol–water partition coefficient (Wildman–Crippen LogP) is 1.84. The summed E-state index contributed by atoms with van der Waals surface area (Å²) in [6.07, 6.45) is -1.24. The van der Waals surface area contributed by atoms with E-state index in [0.717, 1.165) is 23.1 Å². The minimum absolute atomic E-state index is 0.117. The predicted molar refractivity (Wildman–Crippen MR) is 80.1 cm³/mol. The van der Waals surface area contributed by atoms with Crippen LogP contribution >= 0.6 is 0 Å². The fourth-order valence-corrected chi connectivity index (χ4v) is 3.99. The molecule has 8 heteroatoms. The Balaban J connectivity index is 1.76. The summed E-state index contributed by atoms with van der Waals surface area (Å²) in [7, 11) is 1.56. The Morgan fingerprint density at radius 1 is 0.960 bits per heavy atom. The number of alkyl halides is 3. The quantitative estimate of drug-likeness (QED) is 0.574. The fourth-order valence-electron chi connectivity index (χ4n) is 3.99. The number of anilines is 1. The highest BCUT2D eigenvalue weighted by atomic mass is 19.4. The topological polar surface area (TPSA) is 57.7 Å². The lowest BCUT2D eigenvalue weighted by Gasteiger charge is -2.44. The first-order chi connectivity index (χ1) is 11.7. The second kappa shape index (κ2) is 4.93. The molecule has 3 aliphatic heterocycles. The molecule has 1 aromatic carbocycles. The monoisotopic (exact) mass is 350 g/mol. The Kier molecular flexibility index (Phi) is 3.13. The van der Waals surface area contributed by atoms with Crippen LogP contribution in [0.4, 0.5) is 18.9 Å². The van der Waals surface area contributed by atoms with E-state index in [0.29, 0.717) is 0 Å².